The Labute approximate surface area is 154 Å². The van der Waals surface area contributed by atoms with Crippen LogP contribution >= 0.6 is 0 Å². The number of amides is 1. The van der Waals surface area contributed by atoms with Gasteiger partial charge in [-0.15, -0.1) is 0 Å². The van der Waals surface area contributed by atoms with E-state index in [-0.39, 0.29) is 11.9 Å². The fraction of sp³-hybridized carbons (Fsp3) is 0.348. The van der Waals surface area contributed by atoms with E-state index in [0.717, 1.165) is 24.8 Å². The number of nitrogens with one attached hydrogen (secondary N) is 2. The van der Waals surface area contributed by atoms with Gasteiger partial charge in [-0.05, 0) is 73.9 Å². The van der Waals surface area contributed by atoms with Gasteiger partial charge in [-0.1, -0.05) is 30.3 Å². The Balaban J connectivity index is 1.51. The fourth-order valence-electron chi connectivity index (χ4n) is 4.34. The quantitative estimate of drug-likeness (QED) is 0.729. The number of benzene rings is 2. The number of carbonyl (C=O) groups excluding carboxylic acids is 1. The maximum atomic E-state index is 12.5. The molecule has 1 aromatic heterocycles. The molecule has 2 N–H and O–H groups in total. The molecule has 0 aliphatic heterocycles. The molecule has 0 unspecified atom stereocenters. The maximum Gasteiger partial charge on any atom is 0.224 e. The lowest BCUT2D eigenvalue weighted by Gasteiger charge is -2.24. The smallest absolute Gasteiger partial charge is 0.224 e. The molecule has 1 aliphatic rings. The average molecular weight is 346 g/mol. The van der Waals surface area contributed by atoms with Crippen molar-refractivity contribution in [1.29, 1.82) is 0 Å². The fourth-order valence-corrected chi connectivity index (χ4v) is 4.34. The SMILES string of the molecule is Cc1cc(C)c2c3c([nH]c2c1)CC[C@@H](NC(=O)Cc1ccccc1C)C3. The molecule has 1 atom stereocenters. The number of fused-ring (bicyclic) bond motifs is 3. The van der Waals surface area contributed by atoms with E-state index < -0.39 is 0 Å². The molecule has 0 radical (unpaired) electrons. The van der Waals surface area contributed by atoms with E-state index in [1.165, 1.54) is 38.9 Å². The lowest BCUT2D eigenvalue weighted by atomic mass is 9.90. The van der Waals surface area contributed by atoms with Crippen LogP contribution in [-0.4, -0.2) is 16.9 Å². The average Bonchev–Trinajstić information content (AvgIpc) is 2.94. The highest BCUT2D eigenvalue weighted by Crippen LogP contribution is 2.32. The van der Waals surface area contributed by atoms with Crippen LogP contribution in [0.15, 0.2) is 36.4 Å². The van der Waals surface area contributed by atoms with Crippen molar-refractivity contribution in [2.75, 3.05) is 0 Å². The van der Waals surface area contributed by atoms with Crippen LogP contribution < -0.4 is 5.32 Å². The molecule has 0 spiro atoms. The van der Waals surface area contributed by atoms with Crippen molar-refractivity contribution in [3.05, 3.63) is 69.9 Å². The second-order valence-electron chi connectivity index (χ2n) is 7.70. The van der Waals surface area contributed by atoms with E-state index in [1.54, 1.807) is 0 Å². The monoisotopic (exact) mass is 346 g/mol. The third-order valence-electron chi connectivity index (χ3n) is 5.60. The summed E-state index contributed by atoms with van der Waals surface area (Å²) in [5, 5.41) is 4.62. The lowest BCUT2D eigenvalue weighted by Crippen LogP contribution is -2.39. The molecule has 3 aromatic rings. The molecule has 1 amide bonds. The van der Waals surface area contributed by atoms with E-state index in [0.29, 0.717) is 6.42 Å². The van der Waals surface area contributed by atoms with Gasteiger partial charge in [0.2, 0.25) is 5.91 Å². The van der Waals surface area contributed by atoms with E-state index >= 15 is 0 Å². The predicted molar refractivity (Wildman–Crippen MR) is 107 cm³/mol. The standard InChI is InChI=1S/C23H26N2O/c1-14-10-16(3)23-19-13-18(8-9-20(19)25-21(23)11-14)24-22(26)12-17-7-5-4-6-15(17)2/h4-7,10-11,18,25H,8-9,12-13H2,1-3H3,(H,24,26)/t18-/m1/s1. The lowest BCUT2D eigenvalue weighted by molar-refractivity contribution is -0.121. The Morgan fingerprint density at radius 1 is 1.15 bits per heavy atom. The number of hydrogen-bond acceptors (Lipinski definition) is 1. The highest BCUT2D eigenvalue weighted by molar-refractivity contribution is 5.89. The summed E-state index contributed by atoms with van der Waals surface area (Å²) in [6, 6.07) is 12.8. The molecule has 2 aromatic carbocycles. The highest BCUT2D eigenvalue weighted by atomic mass is 16.1. The minimum atomic E-state index is 0.125. The summed E-state index contributed by atoms with van der Waals surface area (Å²) in [4.78, 5) is 16.1. The van der Waals surface area contributed by atoms with Gasteiger partial charge >= 0.3 is 0 Å². The zero-order chi connectivity index (χ0) is 18.3. The summed E-state index contributed by atoms with van der Waals surface area (Å²) in [5.41, 5.74) is 8.87. The topological polar surface area (TPSA) is 44.9 Å². The van der Waals surface area contributed by atoms with Gasteiger partial charge in [-0.25, -0.2) is 0 Å². The number of aromatic amines is 1. The Bertz CT molecular complexity index is 983. The zero-order valence-electron chi connectivity index (χ0n) is 15.8. The third kappa shape index (κ3) is 3.14. The molecule has 3 nitrogen and oxygen atoms in total. The predicted octanol–water partition coefficient (Wildman–Crippen LogP) is 4.31. The Morgan fingerprint density at radius 3 is 2.77 bits per heavy atom. The summed E-state index contributed by atoms with van der Waals surface area (Å²) >= 11 is 0. The molecule has 4 rings (SSSR count). The van der Waals surface area contributed by atoms with Crippen molar-refractivity contribution >= 4 is 16.8 Å². The first-order valence-electron chi connectivity index (χ1n) is 9.46. The summed E-state index contributed by atoms with van der Waals surface area (Å²) in [7, 11) is 0. The van der Waals surface area contributed by atoms with Gasteiger partial charge < -0.3 is 10.3 Å². The Hall–Kier alpha value is -2.55. The second-order valence-corrected chi connectivity index (χ2v) is 7.70. The minimum Gasteiger partial charge on any atom is -0.358 e. The van der Waals surface area contributed by atoms with Gasteiger partial charge in [-0.3, -0.25) is 4.79 Å². The molecular formula is C23H26N2O. The first-order valence-corrected chi connectivity index (χ1v) is 9.46. The Kier molecular flexibility index (Phi) is 4.31. The number of hydrogen-bond donors (Lipinski definition) is 2. The summed E-state index contributed by atoms with van der Waals surface area (Å²) in [6.45, 7) is 6.39. The second kappa shape index (κ2) is 6.64. The zero-order valence-corrected chi connectivity index (χ0v) is 15.8. The maximum absolute atomic E-state index is 12.5. The first kappa shape index (κ1) is 16.9. The van der Waals surface area contributed by atoms with Crippen molar-refractivity contribution in [1.82, 2.24) is 10.3 Å². The highest BCUT2D eigenvalue weighted by Gasteiger charge is 2.24. The molecule has 134 valence electrons. The number of carbonyl (C=O) groups is 1. The first-order chi connectivity index (χ1) is 12.5. The molecule has 1 heterocycles. The number of aromatic nitrogens is 1. The molecular weight excluding hydrogens is 320 g/mol. The normalized spacial score (nSPS) is 16.5. The summed E-state index contributed by atoms with van der Waals surface area (Å²) in [5.74, 6) is 0.125. The van der Waals surface area contributed by atoms with Gasteiger partial charge in [0, 0.05) is 22.6 Å². The van der Waals surface area contributed by atoms with Crippen LogP contribution in [0.3, 0.4) is 0 Å². The van der Waals surface area contributed by atoms with Crippen LogP contribution in [0.2, 0.25) is 0 Å². The Morgan fingerprint density at radius 2 is 1.96 bits per heavy atom. The van der Waals surface area contributed by atoms with Crippen LogP contribution in [0.1, 0.15) is 39.9 Å². The van der Waals surface area contributed by atoms with Crippen LogP contribution in [0.4, 0.5) is 0 Å². The van der Waals surface area contributed by atoms with Crippen LogP contribution in [0, 0.1) is 20.8 Å². The number of H-pyrrole nitrogens is 1. The van der Waals surface area contributed by atoms with Crippen LogP contribution in [0.25, 0.3) is 10.9 Å². The minimum absolute atomic E-state index is 0.125. The molecule has 26 heavy (non-hydrogen) atoms. The van der Waals surface area contributed by atoms with Gasteiger partial charge in [-0.2, -0.15) is 0 Å². The largest absolute Gasteiger partial charge is 0.358 e. The van der Waals surface area contributed by atoms with Gasteiger partial charge in [0.25, 0.3) is 0 Å². The summed E-state index contributed by atoms with van der Waals surface area (Å²) in [6.07, 6.45) is 3.37. The third-order valence-corrected chi connectivity index (χ3v) is 5.60. The van der Waals surface area contributed by atoms with Crippen molar-refractivity contribution in [2.45, 2.75) is 52.5 Å². The van der Waals surface area contributed by atoms with Crippen molar-refractivity contribution < 1.29 is 4.79 Å². The van der Waals surface area contributed by atoms with Crippen LogP contribution in [0.5, 0.6) is 0 Å². The van der Waals surface area contributed by atoms with Crippen LogP contribution in [-0.2, 0) is 24.1 Å². The van der Waals surface area contributed by atoms with E-state index in [4.69, 9.17) is 0 Å². The van der Waals surface area contributed by atoms with Gasteiger partial charge in [0.05, 0.1) is 6.42 Å². The van der Waals surface area contributed by atoms with E-state index in [1.807, 2.05) is 18.2 Å². The number of aryl methyl sites for hydroxylation is 4. The summed E-state index contributed by atoms with van der Waals surface area (Å²) < 4.78 is 0. The van der Waals surface area contributed by atoms with Crippen molar-refractivity contribution in [2.24, 2.45) is 0 Å². The van der Waals surface area contributed by atoms with Crippen molar-refractivity contribution in [3.63, 3.8) is 0 Å². The number of rotatable bonds is 3. The van der Waals surface area contributed by atoms with Gasteiger partial charge in [0.1, 0.15) is 0 Å². The molecule has 0 saturated heterocycles. The van der Waals surface area contributed by atoms with E-state index in [2.05, 4.69) is 49.3 Å². The molecule has 3 heteroatoms. The molecule has 1 aliphatic carbocycles. The van der Waals surface area contributed by atoms with Gasteiger partial charge in [0.15, 0.2) is 0 Å². The molecule has 0 saturated carbocycles. The van der Waals surface area contributed by atoms with E-state index in [9.17, 15) is 4.79 Å². The molecule has 0 fully saturated rings. The van der Waals surface area contributed by atoms with Crippen molar-refractivity contribution in [3.8, 4) is 0 Å². The molecule has 0 bridgehead atoms.